The molecule has 0 spiro atoms. The zero-order valence-corrected chi connectivity index (χ0v) is 11.1. The molecule has 0 radical (unpaired) electrons. The molecule has 0 saturated carbocycles. The third-order valence-electron chi connectivity index (χ3n) is 2.94. The number of hydrogen-bond donors (Lipinski definition) is 1. The van der Waals surface area contributed by atoms with E-state index in [0.29, 0.717) is 32.7 Å². The molecular formula is C13H19ClN2O2. The zero-order valence-electron chi connectivity index (χ0n) is 10.2. The highest BCUT2D eigenvalue weighted by molar-refractivity contribution is 5.85. The Morgan fingerprint density at radius 3 is 2.50 bits per heavy atom. The van der Waals surface area contributed by atoms with E-state index in [9.17, 15) is 4.79 Å². The zero-order chi connectivity index (χ0) is 12.1. The number of amides is 1. The Hall–Kier alpha value is -1.10. The molecule has 1 aliphatic rings. The van der Waals surface area contributed by atoms with E-state index in [1.54, 1.807) is 4.90 Å². The fraction of sp³-hybridized carbons (Fsp3) is 0.462. The summed E-state index contributed by atoms with van der Waals surface area (Å²) in [4.78, 5) is 13.8. The number of hydrogen-bond acceptors (Lipinski definition) is 3. The average molecular weight is 271 g/mol. The number of rotatable bonds is 3. The topological polar surface area (TPSA) is 55.6 Å². The lowest BCUT2D eigenvalue weighted by molar-refractivity contribution is -0.136. The molecule has 4 nitrogen and oxygen atoms in total. The highest BCUT2D eigenvalue weighted by Crippen LogP contribution is 2.06. The molecule has 0 bridgehead atoms. The summed E-state index contributed by atoms with van der Waals surface area (Å²) in [6, 6.07) is 9.41. The molecule has 1 fully saturated rings. The number of carbonyl (C=O) groups is 1. The number of nitrogens with zero attached hydrogens (tertiary/aromatic N) is 1. The first kappa shape index (κ1) is 15.0. The minimum atomic E-state index is -0.449. The molecule has 2 N–H and O–H groups in total. The number of morpholine rings is 1. The first-order valence-corrected chi connectivity index (χ1v) is 5.93. The summed E-state index contributed by atoms with van der Waals surface area (Å²) < 4.78 is 5.21. The van der Waals surface area contributed by atoms with E-state index in [-0.39, 0.29) is 18.3 Å². The molecule has 1 aromatic rings. The number of benzene rings is 1. The van der Waals surface area contributed by atoms with E-state index < -0.39 is 6.04 Å². The molecule has 5 heteroatoms. The lowest BCUT2D eigenvalue weighted by Crippen LogP contribution is -2.49. The van der Waals surface area contributed by atoms with Gasteiger partial charge in [0.15, 0.2) is 0 Å². The molecule has 1 atom stereocenters. The van der Waals surface area contributed by atoms with Gasteiger partial charge >= 0.3 is 0 Å². The summed E-state index contributed by atoms with van der Waals surface area (Å²) in [5.74, 6) is 0.0251. The van der Waals surface area contributed by atoms with E-state index in [0.717, 1.165) is 5.56 Å². The Morgan fingerprint density at radius 1 is 1.28 bits per heavy atom. The van der Waals surface area contributed by atoms with Gasteiger partial charge in [0.2, 0.25) is 5.91 Å². The summed E-state index contributed by atoms with van der Waals surface area (Å²) in [5.41, 5.74) is 7.05. The molecule has 100 valence electrons. The first-order valence-electron chi connectivity index (χ1n) is 5.93. The summed E-state index contributed by atoms with van der Waals surface area (Å²) >= 11 is 0. The summed E-state index contributed by atoms with van der Waals surface area (Å²) in [6.45, 7) is 2.54. The monoisotopic (exact) mass is 270 g/mol. The van der Waals surface area contributed by atoms with Crippen LogP contribution in [0.2, 0.25) is 0 Å². The van der Waals surface area contributed by atoms with Gasteiger partial charge in [-0.25, -0.2) is 0 Å². The first-order chi connectivity index (χ1) is 8.27. The van der Waals surface area contributed by atoms with Crippen LogP contribution in [0.15, 0.2) is 30.3 Å². The van der Waals surface area contributed by atoms with Crippen molar-refractivity contribution in [2.75, 3.05) is 26.3 Å². The number of carbonyl (C=O) groups excluding carboxylic acids is 1. The Kier molecular flexibility index (Phi) is 6.12. The second-order valence-corrected chi connectivity index (χ2v) is 4.23. The quantitative estimate of drug-likeness (QED) is 0.885. The maximum Gasteiger partial charge on any atom is 0.239 e. The Morgan fingerprint density at radius 2 is 1.89 bits per heavy atom. The van der Waals surface area contributed by atoms with Crippen molar-refractivity contribution in [3.05, 3.63) is 35.9 Å². The fourth-order valence-electron chi connectivity index (χ4n) is 1.97. The predicted octanol–water partition coefficient (Wildman–Crippen LogP) is 0.837. The second-order valence-electron chi connectivity index (χ2n) is 4.23. The Balaban J connectivity index is 0.00000162. The van der Waals surface area contributed by atoms with Crippen LogP contribution in [0.25, 0.3) is 0 Å². The summed E-state index contributed by atoms with van der Waals surface area (Å²) in [6.07, 6.45) is 0.594. The third kappa shape index (κ3) is 3.98. The van der Waals surface area contributed by atoms with Gasteiger partial charge in [-0.3, -0.25) is 4.79 Å². The summed E-state index contributed by atoms with van der Waals surface area (Å²) in [5, 5.41) is 0. The minimum Gasteiger partial charge on any atom is -0.378 e. The van der Waals surface area contributed by atoms with Gasteiger partial charge in [0.25, 0.3) is 0 Å². The normalized spacial score (nSPS) is 16.8. The minimum absolute atomic E-state index is 0. The molecule has 1 heterocycles. The van der Waals surface area contributed by atoms with Gasteiger partial charge in [-0.15, -0.1) is 12.4 Å². The van der Waals surface area contributed by atoms with Crippen LogP contribution in [0.4, 0.5) is 0 Å². The van der Waals surface area contributed by atoms with Crippen molar-refractivity contribution in [2.24, 2.45) is 5.73 Å². The summed E-state index contributed by atoms with van der Waals surface area (Å²) in [7, 11) is 0. The van der Waals surface area contributed by atoms with Crippen molar-refractivity contribution in [1.29, 1.82) is 0 Å². The molecular weight excluding hydrogens is 252 g/mol. The van der Waals surface area contributed by atoms with E-state index in [2.05, 4.69) is 0 Å². The molecule has 2 rings (SSSR count). The molecule has 1 amide bonds. The number of ether oxygens (including phenoxy) is 1. The Labute approximate surface area is 114 Å². The van der Waals surface area contributed by atoms with Crippen LogP contribution in [0.3, 0.4) is 0 Å². The number of halogens is 1. The average Bonchev–Trinajstić information content (AvgIpc) is 2.40. The van der Waals surface area contributed by atoms with Crippen molar-refractivity contribution in [1.82, 2.24) is 4.90 Å². The van der Waals surface area contributed by atoms with Gasteiger partial charge < -0.3 is 15.4 Å². The predicted molar refractivity (Wildman–Crippen MR) is 72.8 cm³/mol. The third-order valence-corrected chi connectivity index (χ3v) is 2.94. The smallest absolute Gasteiger partial charge is 0.239 e. The van der Waals surface area contributed by atoms with E-state index in [4.69, 9.17) is 10.5 Å². The second kappa shape index (κ2) is 7.36. The van der Waals surface area contributed by atoms with Crippen LogP contribution in [-0.4, -0.2) is 43.2 Å². The molecule has 1 aromatic carbocycles. The van der Waals surface area contributed by atoms with Crippen LogP contribution in [0, 0.1) is 0 Å². The van der Waals surface area contributed by atoms with Gasteiger partial charge in [0.05, 0.1) is 19.3 Å². The largest absolute Gasteiger partial charge is 0.378 e. The highest BCUT2D eigenvalue weighted by Gasteiger charge is 2.22. The highest BCUT2D eigenvalue weighted by atomic mass is 35.5. The lowest BCUT2D eigenvalue weighted by atomic mass is 10.1. The van der Waals surface area contributed by atoms with Crippen LogP contribution in [-0.2, 0) is 16.0 Å². The van der Waals surface area contributed by atoms with Crippen LogP contribution in [0.5, 0.6) is 0 Å². The standard InChI is InChI=1S/C13H18N2O2.ClH/c14-12(10-11-4-2-1-3-5-11)13(16)15-6-8-17-9-7-15;/h1-5,12H,6-10,14H2;1H/t12-;/m1./s1. The molecule has 1 aliphatic heterocycles. The van der Waals surface area contributed by atoms with Crippen LogP contribution in [0.1, 0.15) is 5.56 Å². The van der Waals surface area contributed by atoms with Crippen molar-refractivity contribution in [3.8, 4) is 0 Å². The Bertz CT molecular complexity index is 367. The van der Waals surface area contributed by atoms with Crippen molar-refractivity contribution in [3.63, 3.8) is 0 Å². The van der Waals surface area contributed by atoms with Gasteiger partial charge in [0, 0.05) is 13.1 Å². The molecule has 0 aromatic heterocycles. The SMILES string of the molecule is Cl.N[C@H](Cc1ccccc1)C(=O)N1CCOCC1. The molecule has 0 aliphatic carbocycles. The maximum absolute atomic E-state index is 12.0. The van der Waals surface area contributed by atoms with Crippen molar-refractivity contribution >= 4 is 18.3 Å². The van der Waals surface area contributed by atoms with Crippen LogP contribution >= 0.6 is 12.4 Å². The molecule has 0 unspecified atom stereocenters. The van der Waals surface area contributed by atoms with Gasteiger partial charge in [-0.1, -0.05) is 30.3 Å². The van der Waals surface area contributed by atoms with Crippen LogP contribution < -0.4 is 5.73 Å². The maximum atomic E-state index is 12.0. The van der Waals surface area contributed by atoms with Gasteiger partial charge in [-0.05, 0) is 12.0 Å². The van der Waals surface area contributed by atoms with Crippen molar-refractivity contribution < 1.29 is 9.53 Å². The van der Waals surface area contributed by atoms with E-state index >= 15 is 0 Å². The molecule has 1 saturated heterocycles. The van der Waals surface area contributed by atoms with Gasteiger partial charge in [-0.2, -0.15) is 0 Å². The number of nitrogens with two attached hydrogens (primary N) is 1. The van der Waals surface area contributed by atoms with E-state index in [1.165, 1.54) is 0 Å². The lowest BCUT2D eigenvalue weighted by Gasteiger charge is -2.29. The molecule has 18 heavy (non-hydrogen) atoms. The van der Waals surface area contributed by atoms with Crippen molar-refractivity contribution in [2.45, 2.75) is 12.5 Å². The van der Waals surface area contributed by atoms with Gasteiger partial charge in [0.1, 0.15) is 0 Å². The van der Waals surface area contributed by atoms with E-state index in [1.807, 2.05) is 30.3 Å². The fourth-order valence-corrected chi connectivity index (χ4v) is 1.97.